The van der Waals surface area contributed by atoms with Crippen molar-refractivity contribution in [3.8, 4) is 0 Å². The summed E-state index contributed by atoms with van der Waals surface area (Å²) < 4.78 is 41.3. The molecule has 0 radical (unpaired) electrons. The van der Waals surface area contributed by atoms with Crippen molar-refractivity contribution in [3.63, 3.8) is 0 Å². The van der Waals surface area contributed by atoms with Crippen molar-refractivity contribution < 1.29 is 22.8 Å². The molecule has 1 unspecified atom stereocenters. The number of hydrogen-bond acceptors (Lipinski definition) is 3. The lowest BCUT2D eigenvalue weighted by molar-refractivity contribution is -0.135. The van der Waals surface area contributed by atoms with E-state index in [-0.39, 0.29) is 17.5 Å². The normalized spacial score (nSPS) is 22.0. The van der Waals surface area contributed by atoms with Crippen LogP contribution in [0.4, 0.5) is 18.9 Å². The van der Waals surface area contributed by atoms with Gasteiger partial charge in [0.15, 0.2) is 6.29 Å². The highest BCUT2D eigenvalue weighted by Crippen LogP contribution is 2.44. The first kappa shape index (κ1) is 11.5. The minimum absolute atomic E-state index is 0.0365. The summed E-state index contributed by atoms with van der Waals surface area (Å²) in [6, 6.07) is 2.47. The van der Waals surface area contributed by atoms with Gasteiger partial charge in [-0.3, -0.25) is 9.59 Å². The van der Waals surface area contributed by atoms with Gasteiger partial charge in [0.25, 0.3) is 5.67 Å². The summed E-state index contributed by atoms with van der Waals surface area (Å²) >= 11 is 0. The summed E-state index contributed by atoms with van der Waals surface area (Å²) in [4.78, 5) is 24.6. The zero-order chi connectivity index (χ0) is 12.8. The average Bonchev–Trinajstić information content (AvgIpc) is 2.57. The molecule has 0 saturated heterocycles. The fourth-order valence-corrected chi connectivity index (χ4v) is 1.68. The van der Waals surface area contributed by atoms with Crippen LogP contribution >= 0.6 is 0 Å². The number of ketones is 1. The Bertz CT molecular complexity index is 568. The van der Waals surface area contributed by atoms with Crippen LogP contribution < -0.4 is 0 Å². The molecule has 1 heterocycles. The molecule has 0 saturated carbocycles. The van der Waals surface area contributed by atoms with Crippen LogP contribution in [-0.2, 0) is 15.3 Å². The minimum Gasteiger partial charge on any atom is -0.294 e. The highest BCUT2D eigenvalue weighted by atomic mass is 19.2. The maximum Gasteiger partial charge on any atom is 0.274 e. The highest BCUT2D eigenvalue weighted by Gasteiger charge is 2.53. The summed E-state index contributed by atoms with van der Waals surface area (Å²) in [5.41, 5.74) is -4.53. The van der Waals surface area contributed by atoms with E-state index >= 15 is 0 Å². The molecule has 1 aliphatic heterocycles. The van der Waals surface area contributed by atoms with Gasteiger partial charge in [0.2, 0.25) is 11.7 Å². The molecule has 88 valence electrons. The number of hydrogen-bond donors (Lipinski definition) is 0. The first-order chi connectivity index (χ1) is 7.92. The molecule has 0 fully saturated rings. The molecule has 0 spiro atoms. The molecule has 17 heavy (non-hydrogen) atoms. The van der Waals surface area contributed by atoms with E-state index in [9.17, 15) is 22.8 Å². The zero-order valence-electron chi connectivity index (χ0n) is 8.63. The van der Waals surface area contributed by atoms with E-state index in [0.29, 0.717) is 0 Å². The molecular formula is C11H6F3NO2. The van der Waals surface area contributed by atoms with Gasteiger partial charge in [-0.25, -0.2) is 13.8 Å². The third kappa shape index (κ3) is 1.33. The number of aliphatic imine (C=N–C) groups is 1. The molecule has 0 bridgehead atoms. The average molecular weight is 241 g/mol. The first-order valence-electron chi connectivity index (χ1n) is 4.65. The Morgan fingerprint density at radius 3 is 2.65 bits per heavy atom. The lowest BCUT2D eigenvalue weighted by Gasteiger charge is -2.16. The molecule has 3 nitrogen and oxygen atoms in total. The predicted octanol–water partition coefficient (Wildman–Crippen LogP) is 2.08. The number of rotatable bonds is 2. The number of Topliss-reactive ketones (excluding diaryl/α,β-unsaturated/α-hetero) is 1. The van der Waals surface area contributed by atoms with E-state index < -0.39 is 28.8 Å². The number of aryl methyl sites for hydroxylation is 1. The molecule has 0 amide bonds. The van der Waals surface area contributed by atoms with E-state index in [2.05, 4.69) is 4.99 Å². The second-order valence-corrected chi connectivity index (χ2v) is 3.63. The topological polar surface area (TPSA) is 46.5 Å². The Labute approximate surface area is 94.0 Å². The summed E-state index contributed by atoms with van der Waals surface area (Å²) in [5, 5.41) is 0. The Morgan fingerprint density at radius 1 is 1.41 bits per heavy atom. The van der Waals surface area contributed by atoms with E-state index in [0.717, 1.165) is 0 Å². The van der Waals surface area contributed by atoms with Crippen LogP contribution in [-0.4, -0.2) is 18.0 Å². The SMILES string of the molecule is Cc1ccc2c(c1F)C(F)(C(=O)C=O)C(F)=N2. The Balaban J connectivity index is 2.77. The van der Waals surface area contributed by atoms with Gasteiger partial charge in [0, 0.05) is 0 Å². The van der Waals surface area contributed by atoms with E-state index in [1.807, 2.05) is 0 Å². The molecule has 6 heteroatoms. The second-order valence-electron chi connectivity index (χ2n) is 3.63. The Hall–Kier alpha value is -1.98. The summed E-state index contributed by atoms with van der Waals surface area (Å²) in [6.07, 6.45) is -0.383. The van der Waals surface area contributed by atoms with Crippen LogP contribution in [0.15, 0.2) is 17.1 Å². The first-order valence-corrected chi connectivity index (χ1v) is 4.65. The predicted molar refractivity (Wildman–Crippen MR) is 53.2 cm³/mol. The van der Waals surface area contributed by atoms with Crippen molar-refractivity contribution in [1.29, 1.82) is 0 Å². The van der Waals surface area contributed by atoms with Crippen molar-refractivity contribution in [3.05, 3.63) is 29.1 Å². The zero-order valence-corrected chi connectivity index (χ0v) is 8.63. The number of aldehydes is 1. The number of alkyl halides is 1. The van der Waals surface area contributed by atoms with Gasteiger partial charge in [-0.1, -0.05) is 6.07 Å². The highest BCUT2D eigenvalue weighted by molar-refractivity contribution is 6.36. The number of carbonyl (C=O) groups excluding carboxylic acids is 2. The molecule has 0 aliphatic carbocycles. The van der Waals surface area contributed by atoms with Gasteiger partial charge >= 0.3 is 0 Å². The monoisotopic (exact) mass is 241 g/mol. The second kappa shape index (κ2) is 3.51. The van der Waals surface area contributed by atoms with Gasteiger partial charge in [-0.15, -0.1) is 0 Å². The molecule has 1 atom stereocenters. The Morgan fingerprint density at radius 2 is 2.06 bits per heavy atom. The molecule has 1 aromatic carbocycles. The molecule has 0 aromatic heterocycles. The largest absolute Gasteiger partial charge is 0.294 e. The molecule has 1 aliphatic rings. The number of fused-ring (bicyclic) bond motifs is 1. The van der Waals surface area contributed by atoms with Gasteiger partial charge in [-0.2, -0.15) is 4.39 Å². The van der Waals surface area contributed by atoms with Crippen molar-refractivity contribution in [2.75, 3.05) is 0 Å². The fourth-order valence-electron chi connectivity index (χ4n) is 1.68. The number of carbonyl (C=O) groups is 2. The molecular weight excluding hydrogens is 235 g/mol. The molecule has 1 aromatic rings. The van der Waals surface area contributed by atoms with Gasteiger partial charge < -0.3 is 0 Å². The maximum absolute atomic E-state index is 14.2. The van der Waals surface area contributed by atoms with Crippen molar-refractivity contribution >= 4 is 23.7 Å². The van der Waals surface area contributed by atoms with Crippen LogP contribution in [0.5, 0.6) is 0 Å². The number of nitrogens with zero attached hydrogens (tertiary/aromatic N) is 1. The number of benzene rings is 1. The van der Waals surface area contributed by atoms with Gasteiger partial charge in [-0.05, 0) is 18.6 Å². The third-order valence-electron chi connectivity index (χ3n) is 2.61. The summed E-state index contributed by atoms with van der Waals surface area (Å²) in [5.74, 6) is -4.49. The van der Waals surface area contributed by atoms with Crippen molar-refractivity contribution in [2.24, 2.45) is 4.99 Å². The van der Waals surface area contributed by atoms with E-state index in [4.69, 9.17) is 0 Å². The maximum atomic E-state index is 14.2. The fraction of sp³-hybridized carbons (Fsp3) is 0.182. The van der Waals surface area contributed by atoms with Gasteiger partial charge in [0.1, 0.15) is 5.82 Å². The Kier molecular flexibility index (Phi) is 2.38. The van der Waals surface area contributed by atoms with Crippen LogP contribution in [0.1, 0.15) is 11.1 Å². The standard InChI is InChI=1S/C11H6F3NO2/c1-5-2-3-6-8(9(5)12)11(14,7(17)4-16)10(13)15-6/h2-4H,1H3. The van der Waals surface area contributed by atoms with Crippen molar-refractivity contribution in [2.45, 2.75) is 12.6 Å². The van der Waals surface area contributed by atoms with Crippen LogP contribution in [0.3, 0.4) is 0 Å². The quantitative estimate of drug-likeness (QED) is 0.587. The summed E-state index contributed by atoms with van der Waals surface area (Å²) in [7, 11) is 0. The molecule has 2 rings (SSSR count). The van der Waals surface area contributed by atoms with Crippen LogP contribution in [0.25, 0.3) is 0 Å². The van der Waals surface area contributed by atoms with E-state index in [1.165, 1.54) is 19.1 Å². The number of halogens is 3. The van der Waals surface area contributed by atoms with Crippen LogP contribution in [0.2, 0.25) is 0 Å². The molecule has 0 N–H and O–H groups in total. The van der Waals surface area contributed by atoms with Gasteiger partial charge in [0.05, 0.1) is 11.3 Å². The lowest BCUT2D eigenvalue weighted by Crippen LogP contribution is -2.37. The lowest BCUT2D eigenvalue weighted by atomic mass is 9.91. The van der Waals surface area contributed by atoms with E-state index in [1.54, 1.807) is 0 Å². The third-order valence-corrected chi connectivity index (χ3v) is 2.61. The smallest absolute Gasteiger partial charge is 0.274 e. The summed E-state index contributed by atoms with van der Waals surface area (Å²) in [6.45, 7) is 1.33. The minimum atomic E-state index is -3.42. The van der Waals surface area contributed by atoms with Crippen LogP contribution in [0, 0.1) is 12.7 Å². The van der Waals surface area contributed by atoms with Crippen molar-refractivity contribution in [1.82, 2.24) is 0 Å².